The Morgan fingerprint density at radius 2 is 1.36 bits per heavy atom. The molecule has 1 fully saturated rings. The van der Waals surface area contributed by atoms with Crippen molar-refractivity contribution in [1.82, 2.24) is 41.3 Å². The molecule has 0 spiro atoms. The minimum atomic E-state index is -1.13. The van der Waals surface area contributed by atoms with Crippen LogP contribution in [-0.4, -0.2) is 180 Å². The summed E-state index contributed by atoms with van der Waals surface area (Å²) in [6.07, 6.45) is -1.36. The van der Waals surface area contributed by atoms with Crippen molar-refractivity contribution in [3.63, 3.8) is 0 Å². The number of anilines is 1. The number of benzene rings is 2. The van der Waals surface area contributed by atoms with Crippen LogP contribution >= 0.6 is 0 Å². The molecular formula is C63H100N10O15. The number of aliphatic carboxylic acids is 1. The number of likely N-dealkylation sites (N-methyl/N-ethyl adjacent to an activating group) is 2. The maximum atomic E-state index is 14.8. The van der Waals surface area contributed by atoms with E-state index in [9.17, 15) is 53.1 Å². The van der Waals surface area contributed by atoms with E-state index < -0.39 is 132 Å². The Bertz CT molecular complexity index is 2610. The van der Waals surface area contributed by atoms with Crippen LogP contribution < -0.4 is 37.6 Å². The number of aliphatic hydroxyl groups is 1. The van der Waals surface area contributed by atoms with Gasteiger partial charge in [0, 0.05) is 59.9 Å². The number of rotatable bonds is 36. The number of ether oxygens (including phenoxy) is 3. The predicted molar refractivity (Wildman–Crippen MR) is 331 cm³/mol. The SMILES string of the molecule is CCC(C)[C@@H]([C@@H](CC(=O)N1CCC[C@H]1[C@H](OC)[C@@H](C)C(=O)N[C@H](C)[C@@H](O)c1ccccc1)OC)N(C)C(=O)[C@@H](NC(=O)[C@H](C(C)C)N(C)C(=O)OCc1ccc(NC(=O)[C@H](CCCNC(N)=O)NC(=O)[C@@H](NC(=O)CCCC(=O)O)C(C)C)cc1)C(C)C. The number of nitrogens with zero attached hydrogens (tertiary/aromatic N) is 3. The molecule has 1 saturated heterocycles. The van der Waals surface area contributed by atoms with Crippen LogP contribution in [0.3, 0.4) is 0 Å². The highest BCUT2D eigenvalue weighted by atomic mass is 16.6. The molecule has 492 valence electrons. The third-order valence-electron chi connectivity index (χ3n) is 16.3. The molecular weight excluding hydrogens is 1140 g/mol. The Morgan fingerprint density at radius 3 is 1.92 bits per heavy atom. The van der Waals surface area contributed by atoms with Gasteiger partial charge in [-0.3, -0.25) is 43.3 Å². The van der Waals surface area contributed by atoms with Gasteiger partial charge in [0.25, 0.3) is 0 Å². The summed E-state index contributed by atoms with van der Waals surface area (Å²) >= 11 is 0. The number of amides is 10. The van der Waals surface area contributed by atoms with Crippen molar-refractivity contribution in [3.05, 3.63) is 65.7 Å². The number of carboxylic acids is 1. The van der Waals surface area contributed by atoms with E-state index in [0.717, 1.165) is 0 Å². The summed E-state index contributed by atoms with van der Waals surface area (Å²) in [4.78, 5) is 137. The van der Waals surface area contributed by atoms with Gasteiger partial charge in [0.1, 0.15) is 30.8 Å². The molecule has 1 unspecified atom stereocenters. The first kappa shape index (κ1) is 74.9. The van der Waals surface area contributed by atoms with E-state index in [1.165, 1.54) is 26.2 Å². The number of nitrogens with one attached hydrogen (secondary N) is 6. The molecule has 1 aliphatic rings. The van der Waals surface area contributed by atoms with Crippen molar-refractivity contribution < 1.29 is 72.4 Å². The number of urea groups is 1. The number of hydrogen-bond acceptors (Lipinski definition) is 14. The van der Waals surface area contributed by atoms with Gasteiger partial charge in [-0.25, -0.2) is 9.59 Å². The maximum Gasteiger partial charge on any atom is 0.410 e. The second-order valence-corrected chi connectivity index (χ2v) is 24.0. The highest BCUT2D eigenvalue weighted by Gasteiger charge is 2.44. The number of carbonyl (C=O) groups is 10. The minimum Gasteiger partial charge on any atom is -0.481 e. The lowest BCUT2D eigenvalue weighted by Gasteiger charge is -2.41. The average Bonchev–Trinajstić information content (AvgIpc) is 4.06. The second kappa shape index (κ2) is 36.8. The summed E-state index contributed by atoms with van der Waals surface area (Å²) < 4.78 is 17.7. The lowest BCUT2D eigenvalue weighted by Crippen LogP contribution is -2.60. The van der Waals surface area contributed by atoms with Crippen molar-refractivity contribution in [2.75, 3.05) is 46.7 Å². The second-order valence-electron chi connectivity index (χ2n) is 24.0. The van der Waals surface area contributed by atoms with Crippen LogP contribution in [-0.2, 0) is 59.2 Å². The molecule has 1 heterocycles. The Labute approximate surface area is 519 Å². The van der Waals surface area contributed by atoms with Gasteiger partial charge in [-0.15, -0.1) is 0 Å². The third kappa shape index (κ3) is 22.6. The van der Waals surface area contributed by atoms with Crippen LogP contribution in [0.1, 0.15) is 144 Å². The highest BCUT2D eigenvalue weighted by molar-refractivity contribution is 5.98. The zero-order valence-corrected chi connectivity index (χ0v) is 54.0. The van der Waals surface area contributed by atoms with Crippen molar-refractivity contribution in [3.8, 4) is 0 Å². The molecule has 0 saturated carbocycles. The van der Waals surface area contributed by atoms with Crippen LogP contribution in [0.5, 0.6) is 0 Å². The van der Waals surface area contributed by atoms with E-state index in [2.05, 4.69) is 31.9 Å². The van der Waals surface area contributed by atoms with Crippen LogP contribution in [0.15, 0.2) is 54.6 Å². The molecule has 3 rings (SSSR count). The monoisotopic (exact) mass is 1240 g/mol. The number of aliphatic hydroxyl groups excluding tert-OH is 1. The Kier molecular flexibility index (Phi) is 31.3. The molecule has 0 radical (unpaired) electrons. The molecule has 25 heteroatoms. The van der Waals surface area contributed by atoms with E-state index in [1.54, 1.807) is 109 Å². The van der Waals surface area contributed by atoms with E-state index >= 15 is 0 Å². The lowest BCUT2D eigenvalue weighted by atomic mass is 9.89. The highest BCUT2D eigenvalue weighted by Crippen LogP contribution is 2.30. The molecule has 0 aliphatic carbocycles. The number of carboxylic acid groups (broad SMARTS) is 1. The Hall–Kier alpha value is -7.38. The first-order chi connectivity index (χ1) is 41.5. The summed E-state index contributed by atoms with van der Waals surface area (Å²) in [5.74, 6) is -6.55. The Balaban J connectivity index is 1.71. The fourth-order valence-electron chi connectivity index (χ4n) is 11.1. The zero-order valence-electron chi connectivity index (χ0n) is 54.0. The number of likely N-dealkylation sites (tertiary alicyclic amines) is 1. The van der Waals surface area contributed by atoms with Gasteiger partial charge in [0.15, 0.2) is 0 Å². The summed E-state index contributed by atoms with van der Waals surface area (Å²) in [7, 11) is 6.07. The van der Waals surface area contributed by atoms with Gasteiger partial charge in [-0.1, -0.05) is 111 Å². The fourth-order valence-corrected chi connectivity index (χ4v) is 11.1. The molecule has 88 heavy (non-hydrogen) atoms. The number of primary amides is 1. The molecule has 2 aromatic carbocycles. The van der Waals surface area contributed by atoms with Gasteiger partial charge in [0.2, 0.25) is 41.4 Å². The normalized spacial score (nSPS) is 16.9. The smallest absolute Gasteiger partial charge is 0.410 e. The first-order valence-electron chi connectivity index (χ1n) is 30.6. The van der Waals surface area contributed by atoms with Gasteiger partial charge in [-0.05, 0) is 86.0 Å². The molecule has 10 N–H and O–H groups in total. The van der Waals surface area contributed by atoms with Crippen molar-refractivity contribution in [2.24, 2.45) is 35.3 Å². The van der Waals surface area contributed by atoms with Crippen molar-refractivity contribution in [2.45, 2.75) is 194 Å². The Morgan fingerprint density at radius 1 is 0.727 bits per heavy atom. The number of hydrogen-bond donors (Lipinski definition) is 9. The minimum absolute atomic E-state index is 0.0713. The van der Waals surface area contributed by atoms with Crippen LogP contribution in [0.2, 0.25) is 0 Å². The van der Waals surface area contributed by atoms with E-state index in [1.807, 2.05) is 32.0 Å². The summed E-state index contributed by atoms with van der Waals surface area (Å²) in [6.45, 7) is 18.2. The average molecular weight is 1240 g/mol. The van der Waals surface area contributed by atoms with Gasteiger partial charge in [-0.2, -0.15) is 0 Å². The van der Waals surface area contributed by atoms with E-state index in [4.69, 9.17) is 25.1 Å². The lowest BCUT2D eigenvalue weighted by molar-refractivity contribution is -0.148. The third-order valence-corrected chi connectivity index (χ3v) is 16.3. The summed E-state index contributed by atoms with van der Waals surface area (Å²) in [6, 6.07) is 8.63. The fraction of sp³-hybridized carbons (Fsp3) is 0.651. The van der Waals surface area contributed by atoms with E-state index in [-0.39, 0.29) is 69.4 Å². The quantitative estimate of drug-likeness (QED) is 0.0412. The van der Waals surface area contributed by atoms with E-state index in [0.29, 0.717) is 42.6 Å². The first-order valence-corrected chi connectivity index (χ1v) is 30.6. The van der Waals surface area contributed by atoms with Crippen molar-refractivity contribution >= 4 is 65.1 Å². The number of nitrogens with two attached hydrogens (primary N) is 1. The molecule has 0 aromatic heterocycles. The number of methoxy groups -OCH3 is 2. The van der Waals surface area contributed by atoms with Gasteiger partial charge >= 0.3 is 18.1 Å². The molecule has 2 aromatic rings. The zero-order chi connectivity index (χ0) is 66.1. The molecule has 0 bridgehead atoms. The van der Waals surface area contributed by atoms with Crippen LogP contribution in [0, 0.1) is 29.6 Å². The largest absolute Gasteiger partial charge is 0.481 e. The molecule has 10 amide bonds. The predicted octanol–water partition coefficient (Wildman–Crippen LogP) is 4.85. The van der Waals surface area contributed by atoms with Crippen LogP contribution in [0.4, 0.5) is 15.3 Å². The molecule has 1 aliphatic heterocycles. The number of carbonyl (C=O) groups excluding carboxylic acids is 9. The van der Waals surface area contributed by atoms with Gasteiger partial charge < -0.3 is 71.9 Å². The standard InChI is InChI=1S/C63H100N10O15/c1-15-39(8)54(47(86-13)34-49(75)73-33-21-25-46(73)56(87-14)40(9)57(79)66-41(10)55(78)43-22-17-16-18-23-43)71(11)61(83)52(37(4)5)70-60(82)53(38(6)7)72(12)63(85)88-35-42-28-30-44(31-29-42)67-58(80)45(24-20-32-65-62(64)84)68-59(81)51(36(2)3)69-48(74)26-19-27-50(76)77/h16-18,22-23,28-31,36-41,45-47,51-56,78H,15,19-21,24-27,32-35H2,1-14H3,(H,66,79)(H,67,80)(H,68,81)(H,69,74)(H,70,82)(H,76,77)(H3,64,65,84)/t39?,40-,41-,45+,46+,47-,51+,52+,53+,54+,55-,56-/m1/s1. The molecule has 12 atom stereocenters. The summed E-state index contributed by atoms with van der Waals surface area (Å²) in [5.41, 5.74) is 6.71. The van der Waals surface area contributed by atoms with Crippen molar-refractivity contribution in [1.29, 1.82) is 0 Å². The van der Waals surface area contributed by atoms with Gasteiger partial charge in [0.05, 0.1) is 48.8 Å². The van der Waals surface area contributed by atoms with Crippen LogP contribution in [0.25, 0.3) is 0 Å². The molecule has 25 nitrogen and oxygen atoms in total. The summed E-state index contributed by atoms with van der Waals surface area (Å²) in [5, 5.41) is 36.3. The topological polar surface area (TPSA) is 347 Å². The maximum absolute atomic E-state index is 14.8.